The van der Waals surface area contributed by atoms with Gasteiger partial charge < -0.3 is 9.64 Å². The first-order valence-corrected chi connectivity index (χ1v) is 5.97. The molecule has 1 aliphatic carbocycles. The van der Waals surface area contributed by atoms with E-state index in [2.05, 4.69) is 53.5 Å². The number of methoxy groups -OCH3 is 1. The Hall–Kier alpha value is -0.470. The number of allylic oxidation sites excluding steroid dienone is 1. The van der Waals surface area contributed by atoms with E-state index < -0.39 is 5.60 Å². The first kappa shape index (κ1) is 12.6. The summed E-state index contributed by atoms with van der Waals surface area (Å²) in [4.78, 5) is 2.16. The van der Waals surface area contributed by atoms with Gasteiger partial charge in [0.05, 0.1) is 0 Å². The molecule has 0 bridgehead atoms. The number of halogens is 1. The highest BCUT2D eigenvalue weighted by Gasteiger charge is 2.29. The van der Waals surface area contributed by atoms with E-state index in [9.17, 15) is 0 Å². The van der Waals surface area contributed by atoms with Crippen LogP contribution >= 0.6 is 22.6 Å². The van der Waals surface area contributed by atoms with Gasteiger partial charge in [-0.2, -0.15) is 0 Å². The van der Waals surface area contributed by atoms with E-state index in [0.717, 1.165) is 18.7 Å². The second-order valence-corrected chi connectivity index (χ2v) is 4.97. The molecule has 0 aromatic carbocycles. The van der Waals surface area contributed by atoms with E-state index in [4.69, 9.17) is 11.2 Å². The summed E-state index contributed by atoms with van der Waals surface area (Å²) in [7, 11) is 3.71. The van der Waals surface area contributed by atoms with Crippen LogP contribution in [0.3, 0.4) is 0 Å². The molecule has 0 fully saturated rings. The largest absolute Gasteiger partial charge is 0.375 e. The number of nitrogens with zero attached hydrogens (tertiary/aromatic N) is 1. The van der Waals surface area contributed by atoms with Gasteiger partial charge in [0.1, 0.15) is 0 Å². The molecule has 0 spiro atoms. The van der Waals surface area contributed by atoms with Crippen LogP contribution in [0.15, 0.2) is 21.4 Å². The molecular weight excluding hydrogens is 301 g/mol. The van der Waals surface area contributed by atoms with Crippen molar-refractivity contribution in [3.8, 4) is 12.3 Å². The summed E-state index contributed by atoms with van der Waals surface area (Å²) in [5.41, 5.74) is 0.567. The predicted molar refractivity (Wildman–Crippen MR) is 71.7 cm³/mol. The van der Waals surface area contributed by atoms with Crippen LogP contribution in [0.5, 0.6) is 0 Å². The van der Waals surface area contributed by atoms with Crippen LogP contribution in [0.25, 0.3) is 0 Å². The Morgan fingerprint density at radius 2 is 2.40 bits per heavy atom. The monoisotopic (exact) mass is 317 g/mol. The normalized spacial score (nSPS) is 25.3. The Bertz CT molecular complexity index is 340. The maximum absolute atomic E-state index is 5.55. The van der Waals surface area contributed by atoms with Crippen molar-refractivity contribution < 1.29 is 4.74 Å². The average Bonchev–Trinajstić information content (AvgIpc) is 2.27. The molecule has 0 N–H and O–H groups in total. The summed E-state index contributed by atoms with van der Waals surface area (Å²) >= 11 is 2.31. The molecule has 82 valence electrons. The fraction of sp³-hybridized carbons (Fsp3) is 0.500. The van der Waals surface area contributed by atoms with Crippen molar-refractivity contribution in [3.05, 3.63) is 21.4 Å². The quantitative estimate of drug-likeness (QED) is 0.586. The lowest BCUT2D eigenvalue weighted by Gasteiger charge is -2.31. The molecule has 1 aliphatic rings. The van der Waals surface area contributed by atoms with Gasteiger partial charge in [0, 0.05) is 32.8 Å². The lowest BCUT2D eigenvalue weighted by Crippen LogP contribution is -2.32. The molecule has 3 heteroatoms. The van der Waals surface area contributed by atoms with Crippen molar-refractivity contribution in [1.82, 2.24) is 4.90 Å². The van der Waals surface area contributed by atoms with Crippen LogP contribution in [0, 0.1) is 12.3 Å². The van der Waals surface area contributed by atoms with Gasteiger partial charge in [-0.3, -0.25) is 0 Å². The van der Waals surface area contributed by atoms with Crippen LogP contribution < -0.4 is 0 Å². The zero-order valence-corrected chi connectivity index (χ0v) is 11.5. The highest BCUT2D eigenvalue weighted by Crippen LogP contribution is 2.32. The molecule has 0 radical (unpaired) electrons. The predicted octanol–water partition coefficient (Wildman–Crippen LogP) is 2.56. The summed E-state index contributed by atoms with van der Waals surface area (Å²) in [6.45, 7) is 3.07. The van der Waals surface area contributed by atoms with Crippen molar-refractivity contribution >= 4 is 22.6 Å². The highest BCUT2D eigenvalue weighted by atomic mass is 127. The third kappa shape index (κ3) is 2.76. The molecule has 1 rings (SSSR count). The Kier molecular flexibility index (Phi) is 4.23. The van der Waals surface area contributed by atoms with E-state index >= 15 is 0 Å². The van der Waals surface area contributed by atoms with Crippen LogP contribution in [0.2, 0.25) is 0 Å². The van der Waals surface area contributed by atoms with Crippen molar-refractivity contribution in [2.45, 2.75) is 18.9 Å². The topological polar surface area (TPSA) is 12.5 Å². The molecule has 0 heterocycles. The summed E-state index contributed by atoms with van der Waals surface area (Å²) in [6, 6.07) is 0. The summed E-state index contributed by atoms with van der Waals surface area (Å²) < 4.78 is 6.67. The van der Waals surface area contributed by atoms with E-state index in [-0.39, 0.29) is 0 Å². The maximum atomic E-state index is 5.55. The summed E-state index contributed by atoms with van der Waals surface area (Å²) in [5, 5.41) is 0. The first-order chi connectivity index (χ1) is 7.06. The standard InChI is InChI=1S/C12H16INO/c1-5-12(15-4)8-10(13)7-11(9-12)14(3)6-2/h1,7,9H,6,8H2,2-4H3. The second-order valence-electron chi connectivity index (χ2n) is 3.59. The number of likely N-dealkylation sites (N-methyl/N-ethyl adjacent to an activating group) is 1. The van der Waals surface area contributed by atoms with E-state index in [0.29, 0.717) is 0 Å². The van der Waals surface area contributed by atoms with Crippen LogP contribution in [0.4, 0.5) is 0 Å². The lowest BCUT2D eigenvalue weighted by molar-refractivity contribution is 0.0817. The third-order valence-electron chi connectivity index (χ3n) is 2.64. The molecule has 0 aromatic rings. The molecule has 0 aliphatic heterocycles. The molecule has 1 unspecified atom stereocenters. The van der Waals surface area contributed by atoms with Crippen molar-refractivity contribution in [2.75, 3.05) is 20.7 Å². The number of ether oxygens (including phenoxy) is 1. The first-order valence-electron chi connectivity index (χ1n) is 4.90. The van der Waals surface area contributed by atoms with Gasteiger partial charge in [-0.1, -0.05) is 5.92 Å². The summed E-state index contributed by atoms with van der Waals surface area (Å²) in [5.74, 6) is 2.74. The van der Waals surface area contributed by atoms with Crippen molar-refractivity contribution in [1.29, 1.82) is 0 Å². The molecule has 0 aromatic heterocycles. The van der Waals surface area contributed by atoms with E-state index in [1.165, 1.54) is 3.58 Å². The molecule has 0 saturated heterocycles. The lowest BCUT2D eigenvalue weighted by atomic mass is 9.94. The van der Waals surface area contributed by atoms with E-state index in [1.807, 2.05) is 6.08 Å². The van der Waals surface area contributed by atoms with Gasteiger partial charge in [-0.25, -0.2) is 0 Å². The fourth-order valence-corrected chi connectivity index (χ4v) is 2.37. The van der Waals surface area contributed by atoms with Crippen LogP contribution in [-0.2, 0) is 4.74 Å². The van der Waals surface area contributed by atoms with Gasteiger partial charge in [0.25, 0.3) is 0 Å². The highest BCUT2D eigenvalue weighted by molar-refractivity contribution is 14.1. The number of hydrogen-bond donors (Lipinski definition) is 0. The minimum Gasteiger partial charge on any atom is -0.375 e. The zero-order chi connectivity index (χ0) is 11.5. The minimum absolute atomic E-state index is 0.565. The fourth-order valence-electron chi connectivity index (χ4n) is 1.48. The smallest absolute Gasteiger partial charge is 0.153 e. The molecular formula is C12H16INO. The van der Waals surface area contributed by atoms with Crippen LogP contribution in [-0.4, -0.2) is 31.2 Å². The Morgan fingerprint density at radius 3 is 2.87 bits per heavy atom. The van der Waals surface area contributed by atoms with Gasteiger partial charge >= 0.3 is 0 Å². The molecule has 1 atom stereocenters. The molecule has 15 heavy (non-hydrogen) atoms. The second kappa shape index (κ2) is 5.04. The average molecular weight is 317 g/mol. The third-order valence-corrected chi connectivity index (χ3v) is 3.33. The van der Waals surface area contributed by atoms with Crippen molar-refractivity contribution in [3.63, 3.8) is 0 Å². The Morgan fingerprint density at radius 1 is 1.73 bits per heavy atom. The zero-order valence-electron chi connectivity index (χ0n) is 9.38. The SMILES string of the molecule is C#CC1(OC)C=C(N(C)CC)C=C(I)C1. The molecule has 0 saturated carbocycles. The van der Waals surface area contributed by atoms with Crippen LogP contribution in [0.1, 0.15) is 13.3 Å². The number of terminal acetylenes is 1. The van der Waals surface area contributed by atoms with Gasteiger partial charge in [-0.15, -0.1) is 6.42 Å². The Balaban J connectivity index is 3.06. The number of rotatable bonds is 3. The van der Waals surface area contributed by atoms with Gasteiger partial charge in [0.15, 0.2) is 5.60 Å². The van der Waals surface area contributed by atoms with Gasteiger partial charge in [0.2, 0.25) is 0 Å². The summed E-state index contributed by atoms with van der Waals surface area (Å²) in [6.07, 6.45) is 10.5. The Labute approximate surface area is 106 Å². The maximum Gasteiger partial charge on any atom is 0.153 e. The number of hydrogen-bond acceptors (Lipinski definition) is 2. The van der Waals surface area contributed by atoms with E-state index in [1.54, 1.807) is 7.11 Å². The minimum atomic E-state index is -0.565. The van der Waals surface area contributed by atoms with Crippen molar-refractivity contribution in [2.24, 2.45) is 0 Å². The molecule has 0 amide bonds. The molecule has 2 nitrogen and oxygen atoms in total. The van der Waals surface area contributed by atoms with Gasteiger partial charge in [-0.05, 0) is 45.2 Å².